The summed E-state index contributed by atoms with van der Waals surface area (Å²) in [5, 5.41) is 3.02. The summed E-state index contributed by atoms with van der Waals surface area (Å²) < 4.78 is 0. The van der Waals surface area contributed by atoms with Gasteiger partial charge in [0, 0.05) is 32.0 Å². The van der Waals surface area contributed by atoms with Crippen LogP contribution in [0.15, 0.2) is 73.1 Å². The number of aromatic nitrogens is 1. The van der Waals surface area contributed by atoms with Crippen LogP contribution < -0.4 is 5.32 Å². The maximum atomic E-state index is 13.2. The number of nitrogens with one attached hydrogen (secondary N) is 1. The van der Waals surface area contributed by atoms with Crippen LogP contribution in [0.1, 0.15) is 30.0 Å². The maximum absolute atomic E-state index is 13.2. The highest BCUT2D eigenvalue weighted by Gasteiger charge is 2.45. The average Bonchev–Trinajstić information content (AvgIpc) is 3.25. The molecule has 1 aliphatic heterocycles. The third-order valence-electron chi connectivity index (χ3n) is 6.43. The van der Waals surface area contributed by atoms with Crippen LogP contribution in [0.5, 0.6) is 0 Å². The van der Waals surface area contributed by atoms with Crippen LogP contribution in [0.25, 0.3) is 11.1 Å². The number of carbonyl (C=O) groups is 2. The topological polar surface area (TPSA) is 62.3 Å². The fraction of sp³-hybridized carbons (Fsp3) is 0.321. The zero-order valence-corrected chi connectivity index (χ0v) is 19.4. The molecule has 1 aromatic heterocycles. The van der Waals surface area contributed by atoms with E-state index in [-0.39, 0.29) is 11.8 Å². The molecule has 2 heterocycles. The second-order valence-corrected chi connectivity index (χ2v) is 8.99. The molecule has 170 valence electrons. The van der Waals surface area contributed by atoms with Gasteiger partial charge in [-0.3, -0.25) is 14.6 Å². The molecular weight excluding hydrogens is 410 g/mol. The number of amides is 2. The molecule has 5 heteroatoms. The van der Waals surface area contributed by atoms with Gasteiger partial charge in [-0.05, 0) is 55.0 Å². The van der Waals surface area contributed by atoms with E-state index in [0.717, 1.165) is 27.8 Å². The summed E-state index contributed by atoms with van der Waals surface area (Å²) in [7, 11) is 0. The first kappa shape index (κ1) is 22.7. The zero-order chi connectivity index (χ0) is 23.3. The summed E-state index contributed by atoms with van der Waals surface area (Å²) in [6, 6.07) is 20.3. The lowest BCUT2D eigenvalue weighted by Crippen LogP contribution is -2.45. The van der Waals surface area contributed by atoms with E-state index in [4.69, 9.17) is 0 Å². The molecule has 4 rings (SSSR count). The van der Waals surface area contributed by atoms with E-state index in [1.807, 2.05) is 61.3 Å². The number of pyridine rings is 1. The molecule has 0 unspecified atom stereocenters. The van der Waals surface area contributed by atoms with Gasteiger partial charge in [-0.1, -0.05) is 60.2 Å². The van der Waals surface area contributed by atoms with E-state index < -0.39 is 5.41 Å². The Morgan fingerprint density at radius 3 is 2.58 bits per heavy atom. The Bertz CT molecular complexity index is 1130. The summed E-state index contributed by atoms with van der Waals surface area (Å²) in [5.41, 5.74) is 4.76. The molecule has 0 bridgehead atoms. The third-order valence-corrected chi connectivity index (χ3v) is 6.43. The van der Waals surface area contributed by atoms with Crippen LogP contribution in [0, 0.1) is 12.3 Å². The molecule has 5 nitrogen and oxygen atoms in total. The van der Waals surface area contributed by atoms with Gasteiger partial charge >= 0.3 is 0 Å². The Hall–Kier alpha value is -3.47. The molecule has 33 heavy (non-hydrogen) atoms. The van der Waals surface area contributed by atoms with E-state index in [0.29, 0.717) is 38.9 Å². The van der Waals surface area contributed by atoms with Gasteiger partial charge in [-0.15, -0.1) is 0 Å². The van der Waals surface area contributed by atoms with Gasteiger partial charge in [0.25, 0.3) is 0 Å². The van der Waals surface area contributed by atoms with Crippen LogP contribution >= 0.6 is 0 Å². The van der Waals surface area contributed by atoms with E-state index in [1.165, 1.54) is 0 Å². The highest BCUT2D eigenvalue weighted by Crippen LogP contribution is 2.36. The van der Waals surface area contributed by atoms with Crippen molar-refractivity contribution in [3.8, 4) is 11.1 Å². The minimum absolute atomic E-state index is 0.0302. The van der Waals surface area contributed by atoms with E-state index in [2.05, 4.69) is 34.6 Å². The van der Waals surface area contributed by atoms with Gasteiger partial charge in [0.15, 0.2) is 0 Å². The van der Waals surface area contributed by atoms with Crippen LogP contribution in [0.3, 0.4) is 0 Å². The molecule has 3 aromatic rings. The van der Waals surface area contributed by atoms with Crippen LogP contribution in [0.4, 0.5) is 0 Å². The van der Waals surface area contributed by atoms with Gasteiger partial charge in [-0.2, -0.15) is 0 Å². The summed E-state index contributed by atoms with van der Waals surface area (Å²) in [6.45, 7) is 5.59. The number of benzene rings is 2. The standard InChI is InChI=1S/C28H31N3O2/c1-3-30-27(33)28(18-23-9-5-10-24(16-23)25-11-6-13-29-19-25)12-14-31(20-28)26(32)17-22-8-4-7-21(2)15-22/h4-11,13,15-16,19H,3,12,14,17-18,20H2,1-2H3,(H,30,33)/t28-/m1/s1. The van der Waals surface area contributed by atoms with Crippen LogP contribution in [-0.4, -0.2) is 41.3 Å². The first-order valence-corrected chi connectivity index (χ1v) is 11.6. The number of aryl methyl sites for hydroxylation is 1. The molecule has 0 radical (unpaired) electrons. The molecule has 1 saturated heterocycles. The molecule has 1 N–H and O–H groups in total. The summed E-state index contributed by atoms with van der Waals surface area (Å²) >= 11 is 0. The Morgan fingerprint density at radius 1 is 1.03 bits per heavy atom. The van der Waals surface area contributed by atoms with Crippen molar-refractivity contribution >= 4 is 11.8 Å². The number of hydrogen-bond acceptors (Lipinski definition) is 3. The minimum atomic E-state index is -0.619. The van der Waals surface area contributed by atoms with E-state index in [1.54, 1.807) is 6.20 Å². The van der Waals surface area contributed by atoms with Crippen molar-refractivity contribution in [2.75, 3.05) is 19.6 Å². The SMILES string of the molecule is CCNC(=O)[C@@]1(Cc2cccc(-c3cccnc3)c2)CCN(C(=O)Cc2cccc(C)c2)C1. The monoisotopic (exact) mass is 441 g/mol. The number of nitrogens with zero attached hydrogens (tertiary/aromatic N) is 2. The largest absolute Gasteiger partial charge is 0.356 e. The number of carbonyl (C=O) groups excluding carboxylic acids is 2. The summed E-state index contributed by atoms with van der Waals surface area (Å²) in [5.74, 6) is 0.110. The molecule has 2 amide bonds. The van der Waals surface area contributed by atoms with Gasteiger partial charge in [0.2, 0.25) is 11.8 Å². The Morgan fingerprint density at radius 2 is 1.82 bits per heavy atom. The lowest BCUT2D eigenvalue weighted by Gasteiger charge is -2.28. The lowest BCUT2D eigenvalue weighted by molar-refractivity contribution is -0.132. The molecule has 0 aliphatic carbocycles. The smallest absolute Gasteiger partial charge is 0.228 e. The Balaban J connectivity index is 1.54. The fourth-order valence-corrected chi connectivity index (χ4v) is 4.74. The lowest BCUT2D eigenvalue weighted by atomic mass is 9.79. The van der Waals surface area contributed by atoms with E-state index in [9.17, 15) is 9.59 Å². The molecule has 1 aliphatic rings. The van der Waals surface area contributed by atoms with Crippen LogP contribution in [-0.2, 0) is 22.4 Å². The third kappa shape index (κ3) is 5.30. The summed E-state index contributed by atoms with van der Waals surface area (Å²) in [4.78, 5) is 32.4. The first-order chi connectivity index (χ1) is 16.0. The molecule has 1 fully saturated rings. The first-order valence-electron chi connectivity index (χ1n) is 11.6. The van der Waals surface area contributed by atoms with Crippen molar-refractivity contribution in [1.29, 1.82) is 0 Å². The summed E-state index contributed by atoms with van der Waals surface area (Å²) in [6.07, 6.45) is 5.23. The molecule has 0 saturated carbocycles. The quantitative estimate of drug-likeness (QED) is 0.598. The number of rotatable bonds is 7. The number of hydrogen-bond donors (Lipinski definition) is 1. The van der Waals surface area contributed by atoms with Crippen molar-refractivity contribution in [3.63, 3.8) is 0 Å². The second kappa shape index (κ2) is 9.99. The Labute approximate surface area is 195 Å². The number of likely N-dealkylation sites (tertiary alicyclic amines) is 1. The van der Waals surface area contributed by atoms with Crippen molar-refractivity contribution in [1.82, 2.24) is 15.2 Å². The second-order valence-electron chi connectivity index (χ2n) is 8.99. The highest BCUT2D eigenvalue weighted by atomic mass is 16.2. The van der Waals surface area contributed by atoms with Gasteiger partial charge in [0.05, 0.1) is 11.8 Å². The van der Waals surface area contributed by atoms with Crippen molar-refractivity contribution in [3.05, 3.63) is 89.7 Å². The molecule has 0 spiro atoms. The van der Waals surface area contributed by atoms with E-state index >= 15 is 0 Å². The Kier molecular flexibility index (Phi) is 6.87. The zero-order valence-electron chi connectivity index (χ0n) is 19.4. The molecular formula is C28H31N3O2. The normalized spacial score (nSPS) is 17.7. The predicted molar refractivity (Wildman–Crippen MR) is 131 cm³/mol. The van der Waals surface area contributed by atoms with Gasteiger partial charge in [0.1, 0.15) is 0 Å². The minimum Gasteiger partial charge on any atom is -0.356 e. The maximum Gasteiger partial charge on any atom is 0.228 e. The van der Waals surface area contributed by atoms with Crippen molar-refractivity contribution < 1.29 is 9.59 Å². The predicted octanol–water partition coefficient (Wildman–Crippen LogP) is 4.20. The fourth-order valence-electron chi connectivity index (χ4n) is 4.74. The molecule has 2 aromatic carbocycles. The van der Waals surface area contributed by atoms with Crippen LogP contribution in [0.2, 0.25) is 0 Å². The van der Waals surface area contributed by atoms with Crippen molar-refractivity contribution in [2.45, 2.75) is 33.1 Å². The average molecular weight is 442 g/mol. The van der Waals surface area contributed by atoms with Gasteiger partial charge < -0.3 is 10.2 Å². The molecule has 1 atom stereocenters. The highest BCUT2D eigenvalue weighted by molar-refractivity contribution is 5.86. The van der Waals surface area contributed by atoms with Crippen molar-refractivity contribution in [2.24, 2.45) is 5.41 Å². The van der Waals surface area contributed by atoms with Gasteiger partial charge in [-0.25, -0.2) is 0 Å².